The minimum Gasteiger partial charge on any atom is -0.326 e. The van der Waals surface area contributed by atoms with E-state index < -0.39 is 9.84 Å². The molecule has 0 radical (unpaired) electrons. The number of hydrogen-bond acceptors (Lipinski definition) is 7. The summed E-state index contributed by atoms with van der Waals surface area (Å²) in [6.45, 7) is 5.44. The number of benzene rings is 2. The Bertz CT molecular complexity index is 1220. The van der Waals surface area contributed by atoms with Gasteiger partial charge in [-0.3, -0.25) is 9.59 Å². The van der Waals surface area contributed by atoms with E-state index in [4.69, 9.17) is 0 Å². The van der Waals surface area contributed by atoms with Crippen LogP contribution in [-0.2, 0) is 26.9 Å². The molecule has 0 atom stereocenters. The summed E-state index contributed by atoms with van der Waals surface area (Å²) >= 11 is 1.17. The van der Waals surface area contributed by atoms with E-state index in [0.717, 1.165) is 0 Å². The van der Waals surface area contributed by atoms with Crippen LogP contribution < -0.4 is 5.32 Å². The highest BCUT2D eigenvalue weighted by molar-refractivity contribution is 7.99. The number of nitrogens with zero attached hydrogens (tertiary/aromatic N) is 3. The first-order valence-corrected chi connectivity index (χ1v) is 12.3. The van der Waals surface area contributed by atoms with E-state index in [2.05, 4.69) is 22.1 Å². The molecule has 0 saturated carbocycles. The molecule has 1 N–H and O–H groups in total. The van der Waals surface area contributed by atoms with Gasteiger partial charge in [-0.2, -0.15) is 0 Å². The highest BCUT2D eigenvalue weighted by Gasteiger charge is 2.21. The van der Waals surface area contributed by atoms with Gasteiger partial charge in [0.25, 0.3) is 0 Å². The fraction of sp³-hybridized carbons (Fsp3) is 0.182. The molecule has 166 valence electrons. The van der Waals surface area contributed by atoms with Crippen molar-refractivity contribution in [3.05, 3.63) is 78.6 Å². The number of anilines is 1. The monoisotopic (exact) mass is 470 g/mol. The van der Waals surface area contributed by atoms with E-state index >= 15 is 0 Å². The molecule has 1 aromatic heterocycles. The van der Waals surface area contributed by atoms with Gasteiger partial charge in [0.2, 0.25) is 5.91 Å². The van der Waals surface area contributed by atoms with Crippen LogP contribution in [0.4, 0.5) is 5.69 Å². The van der Waals surface area contributed by atoms with Gasteiger partial charge in [-0.25, -0.2) is 8.42 Å². The van der Waals surface area contributed by atoms with Crippen molar-refractivity contribution in [2.75, 3.05) is 11.1 Å². The van der Waals surface area contributed by atoms with Crippen LogP contribution in [0.1, 0.15) is 23.1 Å². The lowest BCUT2D eigenvalue weighted by atomic mass is 10.1. The third-order valence-electron chi connectivity index (χ3n) is 4.39. The number of aromatic nitrogens is 3. The topological polar surface area (TPSA) is 111 Å². The second-order valence-corrected chi connectivity index (χ2v) is 9.77. The van der Waals surface area contributed by atoms with Crippen LogP contribution in [0.2, 0.25) is 0 Å². The van der Waals surface area contributed by atoms with E-state index in [1.54, 1.807) is 53.1 Å². The van der Waals surface area contributed by atoms with Gasteiger partial charge in [0.05, 0.1) is 10.6 Å². The first kappa shape index (κ1) is 23.4. The van der Waals surface area contributed by atoms with Gasteiger partial charge in [-0.05, 0) is 36.4 Å². The molecule has 8 nitrogen and oxygen atoms in total. The predicted molar refractivity (Wildman–Crippen MR) is 123 cm³/mol. The summed E-state index contributed by atoms with van der Waals surface area (Å²) in [7, 11) is -3.59. The number of nitrogens with one attached hydrogen (secondary N) is 1. The fourth-order valence-corrected chi connectivity index (χ4v) is 5.04. The first-order chi connectivity index (χ1) is 15.3. The van der Waals surface area contributed by atoms with Crippen LogP contribution in [0, 0.1) is 0 Å². The SMILES string of the molecule is C=CCn1c(CS(=O)(=O)c2ccccc2)nnc1SCC(=O)c1ccc(NC(C)=O)cc1. The van der Waals surface area contributed by atoms with Crippen LogP contribution in [-0.4, -0.2) is 40.6 Å². The maximum Gasteiger partial charge on any atom is 0.221 e. The second kappa shape index (κ2) is 10.4. The zero-order chi connectivity index (χ0) is 23.1. The Balaban J connectivity index is 1.72. The number of carbonyl (C=O) groups excluding carboxylic acids is 2. The van der Waals surface area contributed by atoms with Gasteiger partial charge in [-0.1, -0.05) is 36.0 Å². The Morgan fingerprint density at radius 3 is 2.41 bits per heavy atom. The number of Topliss-reactive ketones (excluding diaryl/α,β-unsaturated/α-hetero) is 1. The average molecular weight is 471 g/mol. The highest BCUT2D eigenvalue weighted by Crippen LogP contribution is 2.22. The lowest BCUT2D eigenvalue weighted by molar-refractivity contribution is -0.114. The summed E-state index contributed by atoms with van der Waals surface area (Å²) < 4.78 is 27.1. The van der Waals surface area contributed by atoms with Crippen LogP contribution in [0.15, 0.2) is 77.3 Å². The highest BCUT2D eigenvalue weighted by atomic mass is 32.2. The van der Waals surface area contributed by atoms with Gasteiger partial charge in [-0.15, -0.1) is 16.8 Å². The van der Waals surface area contributed by atoms with Gasteiger partial charge in [0.1, 0.15) is 11.6 Å². The molecule has 32 heavy (non-hydrogen) atoms. The molecule has 2 aromatic carbocycles. The predicted octanol–water partition coefficient (Wildman–Crippen LogP) is 3.37. The molecule has 0 aliphatic carbocycles. The standard InChI is InChI=1S/C22H22N4O4S2/c1-3-13-26-21(15-32(29,30)19-7-5-4-6-8-19)24-25-22(26)31-14-20(28)17-9-11-18(12-10-17)23-16(2)27/h3-12H,1,13-15H2,2H3,(H,23,27). The van der Waals surface area contributed by atoms with E-state index in [-0.39, 0.29) is 33.9 Å². The van der Waals surface area contributed by atoms with Crippen molar-refractivity contribution >= 4 is 39.0 Å². The summed E-state index contributed by atoms with van der Waals surface area (Å²) in [5, 5.41) is 11.2. The Kier molecular flexibility index (Phi) is 7.60. The molecular weight excluding hydrogens is 448 g/mol. The molecular formula is C22H22N4O4S2. The normalized spacial score (nSPS) is 11.2. The van der Waals surface area contributed by atoms with Crippen molar-refractivity contribution in [1.29, 1.82) is 0 Å². The largest absolute Gasteiger partial charge is 0.326 e. The Labute approximate surface area is 190 Å². The molecule has 0 aliphatic heterocycles. The first-order valence-electron chi connectivity index (χ1n) is 9.64. The molecule has 0 aliphatic rings. The van der Waals surface area contributed by atoms with Crippen LogP contribution in [0.5, 0.6) is 0 Å². The van der Waals surface area contributed by atoms with Crippen LogP contribution in [0.25, 0.3) is 0 Å². The molecule has 0 spiro atoms. The van der Waals surface area contributed by atoms with Crippen molar-refractivity contribution in [3.63, 3.8) is 0 Å². The van der Waals surface area contributed by atoms with Gasteiger partial charge in [0.15, 0.2) is 20.8 Å². The number of sulfone groups is 1. The molecule has 0 unspecified atom stereocenters. The molecule has 0 saturated heterocycles. The smallest absolute Gasteiger partial charge is 0.221 e. The van der Waals surface area contributed by atoms with Crippen molar-refractivity contribution in [3.8, 4) is 0 Å². The van der Waals surface area contributed by atoms with Gasteiger partial charge >= 0.3 is 0 Å². The number of carbonyl (C=O) groups is 2. The van der Waals surface area contributed by atoms with Crippen LogP contribution in [0.3, 0.4) is 0 Å². The van der Waals surface area contributed by atoms with Crippen molar-refractivity contribution in [1.82, 2.24) is 14.8 Å². The van der Waals surface area contributed by atoms with E-state index in [1.807, 2.05) is 0 Å². The zero-order valence-electron chi connectivity index (χ0n) is 17.4. The molecule has 1 heterocycles. The van der Waals surface area contributed by atoms with Crippen molar-refractivity contribution in [2.45, 2.75) is 29.3 Å². The summed E-state index contributed by atoms with van der Waals surface area (Å²) in [5.41, 5.74) is 1.10. The molecule has 3 rings (SSSR count). The van der Waals surface area contributed by atoms with E-state index in [0.29, 0.717) is 23.0 Å². The number of hydrogen-bond donors (Lipinski definition) is 1. The molecule has 10 heteroatoms. The van der Waals surface area contributed by atoms with E-state index in [9.17, 15) is 18.0 Å². The van der Waals surface area contributed by atoms with Crippen molar-refractivity contribution in [2.24, 2.45) is 0 Å². The Morgan fingerprint density at radius 2 is 1.78 bits per heavy atom. The average Bonchev–Trinajstić information content (AvgIpc) is 3.13. The summed E-state index contributed by atoms with van der Waals surface area (Å²) in [6, 6.07) is 14.7. The van der Waals surface area contributed by atoms with Crippen LogP contribution >= 0.6 is 11.8 Å². The number of ketones is 1. The maximum atomic E-state index is 12.7. The molecule has 3 aromatic rings. The van der Waals surface area contributed by atoms with E-state index in [1.165, 1.54) is 30.8 Å². The zero-order valence-corrected chi connectivity index (χ0v) is 19.0. The minimum absolute atomic E-state index is 0.0974. The molecule has 1 amide bonds. The third-order valence-corrected chi connectivity index (χ3v) is 6.98. The minimum atomic E-state index is -3.59. The van der Waals surface area contributed by atoms with Gasteiger partial charge < -0.3 is 9.88 Å². The lowest BCUT2D eigenvalue weighted by Crippen LogP contribution is -2.12. The maximum absolute atomic E-state index is 12.7. The Morgan fingerprint density at radius 1 is 1.09 bits per heavy atom. The molecule has 0 bridgehead atoms. The number of thioether (sulfide) groups is 1. The lowest BCUT2D eigenvalue weighted by Gasteiger charge is -2.08. The second-order valence-electron chi connectivity index (χ2n) is 6.84. The molecule has 0 fully saturated rings. The number of allylic oxidation sites excluding steroid dienone is 1. The number of rotatable bonds is 10. The summed E-state index contributed by atoms with van der Waals surface area (Å²) in [6.07, 6.45) is 1.62. The third kappa shape index (κ3) is 5.92. The van der Waals surface area contributed by atoms with Gasteiger partial charge in [0, 0.05) is 24.7 Å². The Hall–Kier alpha value is -3.24. The number of amides is 1. The van der Waals surface area contributed by atoms with Crippen molar-refractivity contribution < 1.29 is 18.0 Å². The summed E-state index contributed by atoms with van der Waals surface area (Å²) in [5.74, 6) is -0.248. The fourth-order valence-electron chi connectivity index (χ4n) is 2.88. The quantitative estimate of drug-likeness (QED) is 0.275. The summed E-state index contributed by atoms with van der Waals surface area (Å²) in [4.78, 5) is 23.9.